The maximum atomic E-state index is 14.7. The minimum absolute atomic E-state index is 0.194. The summed E-state index contributed by atoms with van der Waals surface area (Å²) in [5.41, 5.74) is 5.23. The third kappa shape index (κ3) is 5.60. The van der Waals surface area contributed by atoms with Crippen molar-refractivity contribution in [3.8, 4) is 5.75 Å². The first-order chi connectivity index (χ1) is 20.9. The molecule has 4 heterocycles. The lowest BCUT2D eigenvalue weighted by Crippen LogP contribution is -2.35. The van der Waals surface area contributed by atoms with Crippen molar-refractivity contribution >= 4 is 27.9 Å². The van der Waals surface area contributed by atoms with Crippen LogP contribution >= 0.6 is 0 Å². The van der Waals surface area contributed by atoms with Gasteiger partial charge in [-0.25, -0.2) is 14.2 Å². The number of rotatable bonds is 8. The number of piperidine rings is 1. The molecule has 3 aromatic carbocycles. The zero-order chi connectivity index (χ0) is 29.5. The first-order valence-electron chi connectivity index (χ1n) is 14.8. The van der Waals surface area contributed by atoms with Gasteiger partial charge in [-0.3, -0.25) is 4.68 Å². The number of halogens is 1. The summed E-state index contributed by atoms with van der Waals surface area (Å²) in [5, 5.41) is 7.05. The summed E-state index contributed by atoms with van der Waals surface area (Å²) in [6, 6.07) is 16.6. The van der Waals surface area contributed by atoms with Gasteiger partial charge in [0.05, 0.1) is 41.0 Å². The van der Waals surface area contributed by atoms with Crippen LogP contribution in [0.5, 0.6) is 5.75 Å². The molecule has 9 nitrogen and oxygen atoms in total. The second-order valence-electron chi connectivity index (χ2n) is 11.5. The maximum absolute atomic E-state index is 14.7. The topological polar surface area (TPSA) is 83.6 Å². The molecular weight excluding hydrogens is 549 g/mol. The molecule has 0 amide bonds. The average molecular weight is 584 g/mol. The van der Waals surface area contributed by atoms with Crippen LogP contribution in [0.2, 0.25) is 0 Å². The fraction of sp³-hybridized carbons (Fsp3) is 0.364. The summed E-state index contributed by atoms with van der Waals surface area (Å²) >= 11 is 0. The third-order valence-corrected chi connectivity index (χ3v) is 8.65. The summed E-state index contributed by atoms with van der Waals surface area (Å²) in [7, 11) is 1.89. The van der Waals surface area contributed by atoms with E-state index in [1.807, 2.05) is 61.2 Å². The van der Waals surface area contributed by atoms with E-state index in [2.05, 4.69) is 14.6 Å². The monoisotopic (exact) mass is 583 g/mol. The minimum Gasteiger partial charge on any atom is -0.486 e. The van der Waals surface area contributed by atoms with Crippen LogP contribution in [0.15, 0.2) is 60.8 Å². The number of hydrogen-bond acceptors (Lipinski definition) is 7. The number of carbonyl (C=O) groups excluding carboxylic acids is 1. The number of ether oxygens (including phenoxy) is 2. The Kier molecular flexibility index (Phi) is 7.32. The molecule has 0 radical (unpaired) electrons. The molecule has 43 heavy (non-hydrogen) atoms. The molecule has 0 spiro atoms. The van der Waals surface area contributed by atoms with Gasteiger partial charge in [0, 0.05) is 32.1 Å². The highest BCUT2D eigenvalue weighted by Crippen LogP contribution is 2.32. The highest BCUT2D eigenvalue weighted by Gasteiger charge is 2.26. The summed E-state index contributed by atoms with van der Waals surface area (Å²) in [5.74, 6) is 0.591. The number of benzene rings is 3. The minimum atomic E-state index is -0.384. The zero-order valence-corrected chi connectivity index (χ0v) is 24.3. The van der Waals surface area contributed by atoms with Gasteiger partial charge in [0.25, 0.3) is 0 Å². The molecule has 5 aromatic rings. The van der Waals surface area contributed by atoms with Gasteiger partial charge in [-0.1, -0.05) is 18.2 Å². The van der Waals surface area contributed by atoms with E-state index >= 15 is 0 Å². The van der Waals surface area contributed by atoms with Gasteiger partial charge in [-0.05, 0) is 79.6 Å². The molecule has 7 rings (SSSR count). The van der Waals surface area contributed by atoms with Crippen LogP contribution < -0.4 is 4.74 Å². The van der Waals surface area contributed by atoms with Crippen molar-refractivity contribution in [3.63, 3.8) is 0 Å². The average Bonchev–Trinajstić information content (AvgIpc) is 3.52. The van der Waals surface area contributed by atoms with E-state index in [-0.39, 0.29) is 36.2 Å². The van der Waals surface area contributed by atoms with Crippen LogP contribution in [-0.4, -0.2) is 56.2 Å². The Morgan fingerprint density at radius 2 is 1.88 bits per heavy atom. The van der Waals surface area contributed by atoms with E-state index in [4.69, 9.17) is 14.3 Å². The van der Waals surface area contributed by atoms with Gasteiger partial charge in [0.1, 0.15) is 12.4 Å². The van der Waals surface area contributed by atoms with Crippen LogP contribution in [0.25, 0.3) is 21.9 Å². The van der Waals surface area contributed by atoms with Gasteiger partial charge in [-0.2, -0.15) is 5.10 Å². The van der Waals surface area contributed by atoms with Gasteiger partial charge >= 0.3 is 5.97 Å². The number of fused-ring (bicyclic) bond motifs is 2. The molecule has 0 N–H and O–H groups in total. The molecule has 2 aromatic heterocycles. The number of nitrogens with zero attached hydrogens (tertiary/aromatic N) is 5. The van der Waals surface area contributed by atoms with Crippen LogP contribution in [-0.2, 0) is 29.8 Å². The summed E-state index contributed by atoms with van der Waals surface area (Å²) in [6.45, 7) is 4.94. The summed E-state index contributed by atoms with van der Waals surface area (Å²) < 4.78 is 30.1. The van der Waals surface area contributed by atoms with Crippen molar-refractivity contribution in [3.05, 3.63) is 89.1 Å². The van der Waals surface area contributed by atoms with E-state index in [0.717, 1.165) is 71.3 Å². The second kappa shape index (κ2) is 11.4. The molecule has 1 unspecified atom stereocenters. The first-order valence-corrected chi connectivity index (χ1v) is 14.8. The molecule has 2 fully saturated rings. The van der Waals surface area contributed by atoms with Gasteiger partial charge < -0.3 is 18.9 Å². The van der Waals surface area contributed by atoms with E-state index in [1.54, 1.807) is 17.2 Å². The Morgan fingerprint density at radius 1 is 1.05 bits per heavy atom. The molecule has 222 valence electrons. The van der Waals surface area contributed by atoms with Gasteiger partial charge in [0.2, 0.25) is 0 Å². The largest absolute Gasteiger partial charge is 0.486 e. The Morgan fingerprint density at radius 3 is 2.67 bits per heavy atom. The Hall–Kier alpha value is -4.28. The van der Waals surface area contributed by atoms with Crippen molar-refractivity contribution in [1.29, 1.82) is 0 Å². The highest BCUT2D eigenvalue weighted by atomic mass is 19.1. The molecular formula is C33H34FN5O4. The van der Waals surface area contributed by atoms with E-state index in [1.165, 1.54) is 6.07 Å². The van der Waals surface area contributed by atoms with Crippen molar-refractivity contribution in [2.45, 2.75) is 51.4 Å². The van der Waals surface area contributed by atoms with Gasteiger partial charge in [0.15, 0.2) is 11.6 Å². The molecule has 10 heteroatoms. The zero-order valence-electron chi connectivity index (χ0n) is 24.3. The third-order valence-electron chi connectivity index (χ3n) is 8.65. The van der Waals surface area contributed by atoms with E-state index in [0.29, 0.717) is 18.7 Å². The Balaban J connectivity index is 0.966. The second-order valence-corrected chi connectivity index (χ2v) is 11.5. The van der Waals surface area contributed by atoms with Crippen LogP contribution in [0.4, 0.5) is 4.39 Å². The predicted molar refractivity (Wildman–Crippen MR) is 159 cm³/mol. The quantitative estimate of drug-likeness (QED) is 0.232. The molecule has 0 aliphatic carbocycles. The molecule has 2 aliphatic rings. The lowest BCUT2D eigenvalue weighted by atomic mass is 9.90. The van der Waals surface area contributed by atoms with Crippen LogP contribution in [0, 0.1) is 12.7 Å². The fourth-order valence-corrected chi connectivity index (χ4v) is 6.01. The Bertz CT molecular complexity index is 1800. The number of aryl methyl sites for hydroxylation is 2. The number of imidazole rings is 1. The number of aromatic nitrogens is 4. The molecule has 0 bridgehead atoms. The summed E-state index contributed by atoms with van der Waals surface area (Å²) in [6.07, 6.45) is 4.61. The van der Waals surface area contributed by atoms with E-state index < -0.39 is 0 Å². The van der Waals surface area contributed by atoms with Crippen molar-refractivity contribution < 1.29 is 23.5 Å². The maximum Gasteiger partial charge on any atom is 0.357 e. The number of hydroxylamine groups is 2. The lowest BCUT2D eigenvalue weighted by molar-refractivity contribution is -0.121. The molecule has 1 atom stereocenters. The van der Waals surface area contributed by atoms with E-state index in [9.17, 15) is 9.18 Å². The summed E-state index contributed by atoms with van der Waals surface area (Å²) in [4.78, 5) is 23.5. The fourth-order valence-electron chi connectivity index (χ4n) is 6.01. The molecule has 2 saturated heterocycles. The van der Waals surface area contributed by atoms with Crippen LogP contribution in [0.3, 0.4) is 0 Å². The normalized spacial score (nSPS) is 17.8. The number of hydrogen-bond donors (Lipinski definition) is 0. The van der Waals surface area contributed by atoms with Gasteiger partial charge in [-0.15, -0.1) is 5.06 Å². The van der Waals surface area contributed by atoms with Crippen molar-refractivity contribution in [2.75, 3.05) is 19.7 Å². The smallest absolute Gasteiger partial charge is 0.357 e. The van der Waals surface area contributed by atoms with Crippen molar-refractivity contribution in [1.82, 2.24) is 24.4 Å². The molecule has 0 saturated carbocycles. The Labute approximate surface area is 248 Å². The first kappa shape index (κ1) is 27.5. The SMILES string of the molecule is Cc1nc2ccc(C(=O)ON3CCC(c4ccc(F)c(OCc5ccc6cnn(C)c6c5)c4)CC3)cc2n1CC1CCO1. The standard InChI is InChI=1S/C33H34FN5O4/c1-21-36-29-8-6-25(16-31(29)39(21)19-27-11-14-41-27)33(40)43-38-12-9-23(10-13-38)24-5-7-28(34)32(17-24)42-20-22-3-4-26-18-35-37(2)30(26)15-22/h3-8,15-18,23,27H,9-14,19-20H2,1-2H3. The molecule has 2 aliphatic heterocycles. The van der Waals surface area contributed by atoms with Crippen molar-refractivity contribution in [2.24, 2.45) is 7.05 Å². The van der Waals surface area contributed by atoms with Crippen LogP contribution in [0.1, 0.15) is 52.5 Å². The predicted octanol–water partition coefficient (Wildman–Crippen LogP) is 5.69. The lowest BCUT2D eigenvalue weighted by Gasteiger charge is -2.30. The highest BCUT2D eigenvalue weighted by molar-refractivity contribution is 5.93. The number of carbonyl (C=O) groups is 1.